The van der Waals surface area contributed by atoms with Crippen LogP contribution < -0.4 is 16.4 Å². The second-order valence-corrected chi connectivity index (χ2v) is 26.0. The predicted molar refractivity (Wildman–Crippen MR) is 408 cm³/mol. The number of nitrogens with one attached hydrogen (secondary N) is 5. The maximum atomic E-state index is 14.8. The Balaban J connectivity index is 0.000000149. The van der Waals surface area contributed by atoms with E-state index in [9.17, 15) is 43.3 Å². The summed E-state index contributed by atoms with van der Waals surface area (Å²) in [6.45, 7) is 6.06. The minimum Gasteiger partial charge on any atom is -0.478 e. The number of hydrogen-bond donors (Lipinski definition) is 7. The first-order valence-corrected chi connectivity index (χ1v) is 33.8. The van der Waals surface area contributed by atoms with Gasteiger partial charge in [-0.25, -0.2) is 18.0 Å². The SMILES string of the molecule is C.Cc1cnc2c(C#N)cc(Cc3cc(C(=O)NCc4ccc5[nH]cc(Cl)c5c4F)ccn3)cc2c1.Cc1cnc2c(C#N)cc(Cc3cc(C(=O)NCc4ccc5[nH]cc(Cl)c5c4F)ccn3)cc2c1.Cc1cnc2c(C#N)cc(Cc3cc(C(=O)O)ccn3)cc2c1.NCc1ccc2[nH]cc(Cl)c2c1F. The van der Waals surface area contributed by atoms with E-state index in [2.05, 4.69) is 73.7 Å². The zero-order valence-corrected chi connectivity index (χ0v) is 58.9. The fourth-order valence-corrected chi connectivity index (χ4v) is 12.9. The fourth-order valence-electron chi connectivity index (χ4n) is 12.1. The Morgan fingerprint density at radius 3 is 1.10 bits per heavy atom. The number of nitrogens with zero attached hydrogens (tertiary/aromatic N) is 9. The van der Waals surface area contributed by atoms with E-state index in [1.165, 1.54) is 24.7 Å². The molecule has 0 aliphatic rings. The second-order valence-electron chi connectivity index (χ2n) is 24.8. The summed E-state index contributed by atoms with van der Waals surface area (Å²) >= 11 is 17.9. The average molecular weight is 1490 g/mol. The van der Waals surface area contributed by atoms with Gasteiger partial charge in [0.2, 0.25) is 0 Å². The molecule has 0 aliphatic heterocycles. The molecule has 0 bridgehead atoms. The van der Waals surface area contributed by atoms with Gasteiger partial charge < -0.3 is 36.4 Å². The molecule has 0 saturated heterocycles. The third-order valence-corrected chi connectivity index (χ3v) is 18.1. The lowest BCUT2D eigenvalue weighted by molar-refractivity contribution is 0.0695. The van der Waals surface area contributed by atoms with Crippen LogP contribution >= 0.6 is 34.8 Å². The number of aromatic nitrogens is 9. The summed E-state index contributed by atoms with van der Waals surface area (Å²) in [6.07, 6.45) is 15.8. The molecule has 9 aromatic heterocycles. The summed E-state index contributed by atoms with van der Waals surface area (Å²) in [4.78, 5) is 71.3. The van der Waals surface area contributed by atoms with E-state index in [0.29, 0.717) is 145 Å². The molecule has 0 saturated carbocycles. The van der Waals surface area contributed by atoms with Gasteiger partial charge in [0, 0.05) is 172 Å². The molecule has 6 aromatic carbocycles. The number of nitrogens with two attached hydrogens (primary N) is 1. The quantitative estimate of drug-likeness (QED) is 0.0532. The van der Waals surface area contributed by atoms with Gasteiger partial charge in [-0.3, -0.25) is 39.5 Å². The summed E-state index contributed by atoms with van der Waals surface area (Å²) in [5.74, 6) is -2.91. The lowest BCUT2D eigenvalue weighted by Crippen LogP contribution is -2.23. The first-order valence-electron chi connectivity index (χ1n) is 32.7. The lowest BCUT2D eigenvalue weighted by atomic mass is 10.0. The second kappa shape index (κ2) is 33.3. The molecule has 2 amide bonds. The Labute approximate surface area is 625 Å². The topological polar surface area (TPSA) is 318 Å². The number of carbonyl (C=O) groups excluding carboxylic acids is 2. The van der Waals surface area contributed by atoms with Gasteiger partial charge in [-0.1, -0.05) is 60.4 Å². The molecule has 19 nitrogen and oxygen atoms in total. The number of aromatic amines is 3. The third kappa shape index (κ3) is 17.2. The zero-order valence-electron chi connectivity index (χ0n) is 56.6. The van der Waals surface area contributed by atoms with Crippen molar-refractivity contribution < 1.29 is 32.7 Å². The lowest BCUT2D eigenvalue weighted by Gasteiger charge is -2.09. The average Bonchev–Trinajstić information content (AvgIpc) is 1.51. The summed E-state index contributed by atoms with van der Waals surface area (Å²) < 4.78 is 43.2. The van der Waals surface area contributed by atoms with E-state index >= 15 is 0 Å². The van der Waals surface area contributed by atoms with Crippen molar-refractivity contribution in [1.29, 1.82) is 15.8 Å². The van der Waals surface area contributed by atoms with Crippen LogP contribution in [0.5, 0.6) is 0 Å². The highest BCUT2D eigenvalue weighted by atomic mass is 35.5. The molecule has 9 heterocycles. The number of halogens is 6. The first-order chi connectivity index (χ1) is 51.1. The van der Waals surface area contributed by atoms with Crippen molar-refractivity contribution in [1.82, 2.24) is 55.5 Å². The van der Waals surface area contributed by atoms with Gasteiger partial charge in [0.15, 0.2) is 0 Å². The summed E-state index contributed by atoms with van der Waals surface area (Å²) in [5, 5.41) is 47.7. The molecule has 15 rings (SSSR count). The monoisotopic (exact) mass is 1480 g/mol. The number of amides is 2. The molecule has 8 N–H and O–H groups in total. The first kappa shape index (κ1) is 75.3. The Morgan fingerprint density at radius 1 is 0.458 bits per heavy atom. The maximum Gasteiger partial charge on any atom is 0.335 e. The molecule has 107 heavy (non-hydrogen) atoms. The Bertz CT molecular complexity index is 5870. The van der Waals surface area contributed by atoms with Crippen molar-refractivity contribution >= 4 is 118 Å². The smallest absolute Gasteiger partial charge is 0.335 e. The van der Waals surface area contributed by atoms with Gasteiger partial charge >= 0.3 is 5.97 Å². The predicted octanol–water partition coefficient (Wildman–Crippen LogP) is 17.4. The van der Waals surface area contributed by atoms with Crippen LogP contribution in [-0.4, -0.2) is 67.7 Å². The number of carbonyl (C=O) groups is 3. The molecule has 0 unspecified atom stereocenters. The summed E-state index contributed by atoms with van der Waals surface area (Å²) in [6, 6.07) is 43.6. The van der Waals surface area contributed by atoms with Gasteiger partial charge in [-0.15, -0.1) is 0 Å². The fraction of sp³-hybridized carbons (Fsp3) is 0.122. The number of aromatic carboxylic acids is 1. The third-order valence-electron chi connectivity index (χ3n) is 17.2. The van der Waals surface area contributed by atoms with Crippen LogP contribution in [0.25, 0.3) is 65.4 Å². The van der Waals surface area contributed by atoms with Crippen LogP contribution in [-0.2, 0) is 38.9 Å². The number of hydrogen-bond acceptors (Lipinski definition) is 13. The van der Waals surface area contributed by atoms with Crippen molar-refractivity contribution in [3.05, 3.63) is 316 Å². The number of fused-ring (bicyclic) bond motifs is 6. The minimum absolute atomic E-state index is 0. The maximum absolute atomic E-state index is 14.8. The molecule has 0 atom stereocenters. The van der Waals surface area contributed by atoms with Crippen LogP contribution in [0.15, 0.2) is 183 Å². The Morgan fingerprint density at radius 2 is 0.776 bits per heavy atom. The van der Waals surface area contributed by atoms with Crippen molar-refractivity contribution in [2.45, 2.75) is 67.1 Å². The molecular formula is C82H63Cl3F3N15O4. The van der Waals surface area contributed by atoms with Crippen molar-refractivity contribution in [2.75, 3.05) is 0 Å². The Kier molecular flexibility index (Phi) is 23.4. The summed E-state index contributed by atoms with van der Waals surface area (Å²) in [7, 11) is 0. The van der Waals surface area contributed by atoms with E-state index in [1.807, 2.05) is 57.2 Å². The molecule has 532 valence electrons. The number of pyridine rings is 6. The molecule has 0 fully saturated rings. The minimum atomic E-state index is -0.982. The number of carboxylic acids is 1. The highest BCUT2D eigenvalue weighted by Crippen LogP contribution is 2.32. The van der Waals surface area contributed by atoms with E-state index in [0.717, 1.165) is 49.5 Å². The molecule has 25 heteroatoms. The highest BCUT2D eigenvalue weighted by Gasteiger charge is 2.19. The van der Waals surface area contributed by atoms with Crippen molar-refractivity contribution in [3.8, 4) is 18.2 Å². The van der Waals surface area contributed by atoms with Crippen LogP contribution in [0.3, 0.4) is 0 Å². The van der Waals surface area contributed by atoms with Gasteiger partial charge in [0.1, 0.15) is 35.7 Å². The molecule has 0 aliphatic carbocycles. The van der Waals surface area contributed by atoms with Crippen LogP contribution in [0, 0.1) is 72.2 Å². The Hall–Kier alpha value is -12.9. The van der Waals surface area contributed by atoms with Gasteiger partial charge in [-0.2, -0.15) is 15.8 Å². The van der Waals surface area contributed by atoms with Crippen LogP contribution in [0.1, 0.15) is 122 Å². The van der Waals surface area contributed by atoms with Gasteiger partial charge in [0.25, 0.3) is 11.8 Å². The zero-order chi connectivity index (χ0) is 74.9. The normalized spacial score (nSPS) is 10.8. The van der Waals surface area contributed by atoms with Crippen LogP contribution in [0.2, 0.25) is 15.1 Å². The number of rotatable bonds is 14. The number of H-pyrrole nitrogens is 3. The molecule has 0 radical (unpaired) electrons. The molecule has 0 spiro atoms. The molecule has 15 aromatic rings. The highest BCUT2D eigenvalue weighted by molar-refractivity contribution is 6.36. The van der Waals surface area contributed by atoms with Gasteiger partial charge in [-0.05, 0) is 163 Å². The largest absolute Gasteiger partial charge is 0.478 e. The standard InChI is InChI=1S/2C27H19ClFN5O.C18H13N3O2.C9H8ClFN2.CH4/c2*1-15-6-19-7-16(8-20(11-30)26(19)33-12-15)9-21-10-17(4-5-31-21)27(35)34-13-18-2-3-23-24(25(18)29)22(28)14-32-23;1-11-4-14-5-12(6-15(9-19)17(14)21-10-11)7-16-8-13(18(22)23)2-3-20-16;10-6-4-13-7-2-1-5(3-12)9(11)8(6)7;/h2*2-8,10,12,14,32H,9,13H2,1H3,(H,34,35);2-6,8,10H,7H2,1H3,(H,22,23);1-2,4,13H,3,12H2;1H4. The van der Waals surface area contributed by atoms with Crippen molar-refractivity contribution in [3.63, 3.8) is 0 Å². The number of benzene rings is 6. The van der Waals surface area contributed by atoms with E-state index in [4.69, 9.17) is 45.6 Å². The van der Waals surface area contributed by atoms with E-state index in [-0.39, 0.29) is 50.3 Å². The number of nitriles is 3. The number of aryl methyl sites for hydroxylation is 3. The van der Waals surface area contributed by atoms with E-state index in [1.54, 1.807) is 122 Å². The van der Waals surface area contributed by atoms with Crippen LogP contribution in [0.4, 0.5) is 13.2 Å². The van der Waals surface area contributed by atoms with Gasteiger partial charge in [0.05, 0.1) is 70.0 Å². The number of carboxylic acid groups (broad SMARTS) is 1. The molecular weight excluding hydrogens is 1420 g/mol. The van der Waals surface area contributed by atoms with Crippen molar-refractivity contribution in [2.24, 2.45) is 5.73 Å². The van der Waals surface area contributed by atoms with E-state index < -0.39 is 17.6 Å². The summed E-state index contributed by atoms with van der Waals surface area (Å²) in [5.41, 5.74) is 20.6.